The summed E-state index contributed by atoms with van der Waals surface area (Å²) in [6, 6.07) is 1.74. The third-order valence-electron chi connectivity index (χ3n) is 3.03. The largest absolute Gasteiger partial charge is 0.315 e. The number of rotatable bonds is 7. The highest BCUT2D eigenvalue weighted by Crippen LogP contribution is 1.93. The number of hydrogen-bond acceptors (Lipinski definition) is 4. The third-order valence-corrected chi connectivity index (χ3v) is 3.03. The molecule has 6 heteroatoms. The lowest BCUT2D eigenvalue weighted by Crippen LogP contribution is -2.29. The smallest absolute Gasteiger partial charge is 0.276 e. The van der Waals surface area contributed by atoms with Gasteiger partial charge >= 0.3 is 0 Å². The van der Waals surface area contributed by atoms with Gasteiger partial charge in [0.1, 0.15) is 5.52 Å². The lowest BCUT2D eigenvalue weighted by molar-refractivity contribution is 0.393. The Morgan fingerprint density at radius 1 is 1.32 bits per heavy atom. The summed E-state index contributed by atoms with van der Waals surface area (Å²) in [4.78, 5) is 14.2. The van der Waals surface area contributed by atoms with Gasteiger partial charge in [0, 0.05) is 25.5 Å². The Hall–Kier alpha value is -1.66. The van der Waals surface area contributed by atoms with Gasteiger partial charge in [-0.3, -0.25) is 4.79 Å². The number of nitrogens with zero attached hydrogens (tertiary/aromatic N) is 4. The van der Waals surface area contributed by atoms with Crippen LogP contribution in [0.15, 0.2) is 29.5 Å². The van der Waals surface area contributed by atoms with Crippen molar-refractivity contribution in [3.05, 3.63) is 35.0 Å². The molecule has 0 unspecified atom stereocenters. The van der Waals surface area contributed by atoms with Crippen LogP contribution in [0.3, 0.4) is 0 Å². The van der Waals surface area contributed by atoms with E-state index in [4.69, 9.17) is 0 Å². The van der Waals surface area contributed by atoms with E-state index in [1.807, 2.05) is 6.20 Å². The first kappa shape index (κ1) is 13.8. The summed E-state index contributed by atoms with van der Waals surface area (Å²) in [6.45, 7) is 3.54. The summed E-state index contributed by atoms with van der Waals surface area (Å²) >= 11 is 0. The molecule has 0 fully saturated rings. The first-order chi connectivity index (χ1) is 9.18. The highest BCUT2D eigenvalue weighted by molar-refractivity contribution is 5.42. The van der Waals surface area contributed by atoms with E-state index in [0.717, 1.165) is 26.1 Å². The van der Waals surface area contributed by atoms with Crippen LogP contribution in [-0.2, 0) is 6.54 Å². The number of hydrogen-bond donors (Lipinski definition) is 1. The maximum absolute atomic E-state index is 12.1. The fourth-order valence-electron chi connectivity index (χ4n) is 1.98. The molecule has 2 aromatic rings. The molecule has 0 aliphatic heterocycles. The summed E-state index contributed by atoms with van der Waals surface area (Å²) in [5, 5.41) is 7.39. The number of nitrogens with one attached hydrogen (secondary N) is 1. The van der Waals surface area contributed by atoms with Crippen molar-refractivity contribution in [2.75, 3.05) is 33.7 Å². The van der Waals surface area contributed by atoms with E-state index >= 15 is 0 Å². The van der Waals surface area contributed by atoms with Crippen LogP contribution in [0, 0.1) is 0 Å². The molecule has 2 heterocycles. The minimum absolute atomic E-state index is 0.00934. The van der Waals surface area contributed by atoms with Crippen molar-refractivity contribution in [3.63, 3.8) is 0 Å². The van der Waals surface area contributed by atoms with Crippen LogP contribution in [0.25, 0.3) is 5.52 Å². The quantitative estimate of drug-likeness (QED) is 0.717. The monoisotopic (exact) mass is 263 g/mol. The Balaban J connectivity index is 1.81. The van der Waals surface area contributed by atoms with Crippen LogP contribution in [0.4, 0.5) is 0 Å². The van der Waals surface area contributed by atoms with Gasteiger partial charge in [0.2, 0.25) is 0 Å². The van der Waals surface area contributed by atoms with Crippen LogP contribution < -0.4 is 10.9 Å². The molecule has 19 heavy (non-hydrogen) atoms. The van der Waals surface area contributed by atoms with Crippen molar-refractivity contribution in [1.29, 1.82) is 0 Å². The molecule has 2 rings (SSSR count). The summed E-state index contributed by atoms with van der Waals surface area (Å²) in [5.74, 6) is 0. The Kier molecular flexibility index (Phi) is 4.70. The molecular formula is C13H21N5O. The van der Waals surface area contributed by atoms with Crippen molar-refractivity contribution in [2.45, 2.75) is 13.0 Å². The molecular weight excluding hydrogens is 242 g/mol. The van der Waals surface area contributed by atoms with Crippen LogP contribution in [-0.4, -0.2) is 52.8 Å². The molecule has 0 bridgehead atoms. The maximum atomic E-state index is 12.1. The van der Waals surface area contributed by atoms with Gasteiger partial charge in [-0.25, -0.2) is 4.52 Å². The Labute approximate surface area is 112 Å². The van der Waals surface area contributed by atoms with Gasteiger partial charge < -0.3 is 14.8 Å². The topological polar surface area (TPSA) is 54.6 Å². The molecule has 0 radical (unpaired) electrons. The highest BCUT2D eigenvalue weighted by atomic mass is 16.1. The van der Waals surface area contributed by atoms with Crippen molar-refractivity contribution in [2.24, 2.45) is 0 Å². The molecule has 0 amide bonds. The Morgan fingerprint density at radius 2 is 2.16 bits per heavy atom. The standard InChI is InChI=1S/C13H21N5O/c1-16(2)8-3-5-14-7-9-17-10-11-18-12(13(17)19)4-6-15-18/h4,6,10-11,14H,3,5,7-9H2,1-2H3. The SMILES string of the molecule is CN(C)CCCNCCn1ccn2nccc2c1=O. The average Bonchev–Trinajstić information content (AvgIpc) is 2.84. The molecule has 0 aromatic carbocycles. The molecule has 1 N–H and O–H groups in total. The molecule has 0 saturated carbocycles. The zero-order valence-corrected chi connectivity index (χ0v) is 11.5. The third kappa shape index (κ3) is 3.65. The molecule has 0 aliphatic carbocycles. The van der Waals surface area contributed by atoms with Crippen molar-refractivity contribution >= 4 is 5.52 Å². The van der Waals surface area contributed by atoms with Gasteiger partial charge in [0.05, 0.1) is 6.20 Å². The van der Waals surface area contributed by atoms with Crippen molar-refractivity contribution in [1.82, 2.24) is 24.4 Å². The van der Waals surface area contributed by atoms with Gasteiger partial charge in [-0.05, 0) is 39.7 Å². The second-order valence-corrected chi connectivity index (χ2v) is 4.86. The molecule has 2 aromatic heterocycles. The number of fused-ring (bicyclic) bond motifs is 1. The predicted octanol–water partition coefficient (Wildman–Crippen LogP) is 0.0373. The zero-order chi connectivity index (χ0) is 13.7. The zero-order valence-electron chi connectivity index (χ0n) is 11.5. The van der Waals surface area contributed by atoms with Crippen molar-refractivity contribution < 1.29 is 0 Å². The second kappa shape index (κ2) is 6.49. The minimum atomic E-state index is 0.00934. The van der Waals surface area contributed by atoms with E-state index in [0.29, 0.717) is 12.1 Å². The van der Waals surface area contributed by atoms with Gasteiger partial charge in [-0.2, -0.15) is 5.10 Å². The van der Waals surface area contributed by atoms with E-state index < -0.39 is 0 Å². The fraction of sp³-hybridized carbons (Fsp3) is 0.538. The normalized spacial score (nSPS) is 11.5. The molecule has 0 spiro atoms. The summed E-state index contributed by atoms with van der Waals surface area (Å²) in [6.07, 6.45) is 6.34. The Morgan fingerprint density at radius 3 is 2.95 bits per heavy atom. The van der Waals surface area contributed by atoms with Crippen LogP contribution in [0.5, 0.6) is 0 Å². The van der Waals surface area contributed by atoms with Gasteiger partial charge in [-0.15, -0.1) is 0 Å². The average molecular weight is 263 g/mol. The maximum Gasteiger partial charge on any atom is 0.276 e. The van der Waals surface area contributed by atoms with Gasteiger partial charge in [-0.1, -0.05) is 0 Å². The molecule has 6 nitrogen and oxygen atoms in total. The Bertz CT molecular complexity index is 572. The van der Waals surface area contributed by atoms with E-state index in [2.05, 4.69) is 29.4 Å². The fourth-order valence-corrected chi connectivity index (χ4v) is 1.98. The van der Waals surface area contributed by atoms with Crippen LogP contribution >= 0.6 is 0 Å². The van der Waals surface area contributed by atoms with Crippen LogP contribution in [0.1, 0.15) is 6.42 Å². The summed E-state index contributed by atoms with van der Waals surface area (Å²) < 4.78 is 3.32. The second-order valence-electron chi connectivity index (χ2n) is 4.86. The number of aromatic nitrogens is 3. The summed E-state index contributed by atoms with van der Waals surface area (Å²) in [7, 11) is 4.14. The van der Waals surface area contributed by atoms with Gasteiger partial charge in [0.25, 0.3) is 5.56 Å². The first-order valence-electron chi connectivity index (χ1n) is 6.57. The molecule has 104 valence electrons. The molecule has 0 atom stereocenters. The summed E-state index contributed by atoms with van der Waals surface area (Å²) in [5.41, 5.74) is 0.630. The highest BCUT2D eigenvalue weighted by Gasteiger charge is 2.02. The van der Waals surface area contributed by atoms with E-state index in [1.165, 1.54) is 0 Å². The minimum Gasteiger partial charge on any atom is -0.315 e. The lowest BCUT2D eigenvalue weighted by atomic mass is 10.4. The van der Waals surface area contributed by atoms with E-state index in [-0.39, 0.29) is 5.56 Å². The van der Waals surface area contributed by atoms with Crippen LogP contribution in [0.2, 0.25) is 0 Å². The van der Waals surface area contributed by atoms with Gasteiger partial charge in [0.15, 0.2) is 0 Å². The first-order valence-corrected chi connectivity index (χ1v) is 6.57. The predicted molar refractivity (Wildman–Crippen MR) is 75.5 cm³/mol. The van der Waals surface area contributed by atoms with E-state index in [9.17, 15) is 4.79 Å². The van der Waals surface area contributed by atoms with Crippen molar-refractivity contribution in [3.8, 4) is 0 Å². The van der Waals surface area contributed by atoms with E-state index in [1.54, 1.807) is 27.5 Å². The lowest BCUT2D eigenvalue weighted by Gasteiger charge is -2.10. The molecule has 0 aliphatic rings. The molecule has 0 saturated heterocycles.